The first-order chi connectivity index (χ1) is 9.38. The van der Waals surface area contributed by atoms with Gasteiger partial charge in [-0.1, -0.05) is 11.3 Å². The van der Waals surface area contributed by atoms with Crippen molar-refractivity contribution in [2.75, 3.05) is 37.8 Å². The van der Waals surface area contributed by atoms with Crippen molar-refractivity contribution < 1.29 is 13.2 Å². The highest BCUT2D eigenvalue weighted by molar-refractivity contribution is 7.88. The van der Waals surface area contributed by atoms with E-state index in [2.05, 4.69) is 15.5 Å². The normalized spacial score (nSPS) is 19.7. The minimum atomic E-state index is -3.15. The van der Waals surface area contributed by atoms with Gasteiger partial charge >= 0.3 is 0 Å². The lowest BCUT2D eigenvalue weighted by Gasteiger charge is -2.36. The van der Waals surface area contributed by atoms with Crippen molar-refractivity contribution in [1.29, 1.82) is 0 Å². The Bertz CT molecular complexity index is 551. The summed E-state index contributed by atoms with van der Waals surface area (Å²) in [5.74, 6) is -0.158. The van der Waals surface area contributed by atoms with E-state index in [1.165, 1.54) is 21.9 Å². The second-order valence-electron chi connectivity index (χ2n) is 4.61. The lowest BCUT2D eigenvalue weighted by molar-refractivity contribution is -0.121. The third-order valence-electron chi connectivity index (χ3n) is 3.26. The molecule has 0 radical (unpaired) electrons. The predicted octanol–water partition coefficient (Wildman–Crippen LogP) is -0.558. The maximum atomic E-state index is 12.0. The van der Waals surface area contributed by atoms with E-state index in [9.17, 15) is 13.2 Å². The number of rotatable bonds is 4. The largest absolute Gasteiger partial charge is 0.299 e. The fraction of sp³-hybridized carbons (Fsp3) is 0.700. The first-order valence-corrected chi connectivity index (χ1v) is 8.87. The molecular weight excluding hydrogens is 302 g/mol. The van der Waals surface area contributed by atoms with Gasteiger partial charge in [-0.25, -0.2) is 8.42 Å². The van der Waals surface area contributed by atoms with Crippen LogP contribution in [0.1, 0.15) is 6.92 Å². The molecule has 1 atom stereocenters. The summed E-state index contributed by atoms with van der Waals surface area (Å²) in [5.41, 5.74) is 1.55. The van der Waals surface area contributed by atoms with Gasteiger partial charge in [0, 0.05) is 26.2 Å². The molecule has 112 valence electrons. The third-order valence-corrected chi connectivity index (χ3v) is 5.17. The van der Waals surface area contributed by atoms with Crippen LogP contribution in [-0.4, -0.2) is 72.2 Å². The summed E-state index contributed by atoms with van der Waals surface area (Å²) in [4.78, 5) is 14.0. The molecule has 2 heterocycles. The summed E-state index contributed by atoms with van der Waals surface area (Å²) in [6.45, 7) is 3.70. The Morgan fingerprint density at radius 3 is 2.55 bits per heavy atom. The van der Waals surface area contributed by atoms with Crippen LogP contribution in [0.25, 0.3) is 0 Å². The van der Waals surface area contributed by atoms with Gasteiger partial charge in [0.1, 0.15) is 5.51 Å². The number of anilines is 1. The Kier molecular flexibility index (Phi) is 4.68. The summed E-state index contributed by atoms with van der Waals surface area (Å²) in [7, 11) is -3.15. The zero-order valence-electron chi connectivity index (χ0n) is 11.3. The van der Waals surface area contributed by atoms with Crippen LogP contribution in [0.5, 0.6) is 0 Å². The molecule has 0 spiro atoms. The summed E-state index contributed by atoms with van der Waals surface area (Å²) in [6, 6.07) is -0.333. The fourth-order valence-electron chi connectivity index (χ4n) is 2.03. The first kappa shape index (κ1) is 15.3. The fourth-order valence-corrected chi connectivity index (χ4v) is 3.30. The Morgan fingerprint density at radius 2 is 2.05 bits per heavy atom. The molecule has 1 aromatic rings. The van der Waals surface area contributed by atoms with Crippen molar-refractivity contribution >= 4 is 32.4 Å². The lowest BCUT2D eigenvalue weighted by Crippen LogP contribution is -2.53. The number of carbonyl (C=O) groups is 1. The molecule has 0 aromatic carbocycles. The van der Waals surface area contributed by atoms with Gasteiger partial charge in [-0.2, -0.15) is 4.31 Å². The number of hydrogen-bond donors (Lipinski definition) is 1. The molecule has 2 rings (SSSR count). The van der Waals surface area contributed by atoms with Crippen LogP contribution in [0.4, 0.5) is 5.13 Å². The molecule has 0 saturated carbocycles. The molecule has 1 aliphatic heterocycles. The van der Waals surface area contributed by atoms with E-state index in [0.717, 1.165) is 0 Å². The monoisotopic (exact) mass is 319 g/mol. The highest BCUT2D eigenvalue weighted by atomic mass is 32.2. The van der Waals surface area contributed by atoms with Crippen LogP contribution < -0.4 is 5.32 Å². The van der Waals surface area contributed by atoms with Crippen LogP contribution >= 0.6 is 11.3 Å². The van der Waals surface area contributed by atoms with Crippen molar-refractivity contribution in [3.8, 4) is 0 Å². The van der Waals surface area contributed by atoms with Crippen LogP contribution in [0.3, 0.4) is 0 Å². The van der Waals surface area contributed by atoms with Gasteiger partial charge in [0.05, 0.1) is 12.3 Å². The quantitative estimate of drug-likeness (QED) is 0.799. The van der Waals surface area contributed by atoms with Crippen LogP contribution in [-0.2, 0) is 14.8 Å². The van der Waals surface area contributed by atoms with Crippen LogP contribution in [0.15, 0.2) is 5.51 Å². The van der Waals surface area contributed by atoms with Gasteiger partial charge in [-0.15, -0.1) is 10.2 Å². The van der Waals surface area contributed by atoms with E-state index in [1.54, 1.807) is 12.4 Å². The second-order valence-corrected chi connectivity index (χ2v) is 7.42. The van der Waals surface area contributed by atoms with E-state index in [0.29, 0.717) is 31.3 Å². The highest BCUT2D eigenvalue weighted by Gasteiger charge is 2.29. The zero-order chi connectivity index (χ0) is 14.8. The van der Waals surface area contributed by atoms with Gasteiger partial charge in [-0.05, 0) is 6.92 Å². The molecule has 1 amide bonds. The molecule has 20 heavy (non-hydrogen) atoms. The van der Waals surface area contributed by atoms with E-state index in [-0.39, 0.29) is 11.9 Å². The number of sulfonamides is 1. The molecule has 8 nitrogen and oxygen atoms in total. The summed E-state index contributed by atoms with van der Waals surface area (Å²) in [5, 5.41) is 10.6. The minimum Gasteiger partial charge on any atom is -0.299 e. The lowest BCUT2D eigenvalue weighted by atomic mass is 10.2. The van der Waals surface area contributed by atoms with Crippen molar-refractivity contribution in [2.24, 2.45) is 0 Å². The maximum absolute atomic E-state index is 12.0. The number of carbonyl (C=O) groups excluding carboxylic acids is 1. The summed E-state index contributed by atoms with van der Waals surface area (Å²) in [6.07, 6.45) is 1.20. The molecule has 0 bridgehead atoms. The van der Waals surface area contributed by atoms with Gasteiger partial charge in [0.2, 0.25) is 21.1 Å². The van der Waals surface area contributed by atoms with Crippen molar-refractivity contribution in [3.05, 3.63) is 5.51 Å². The topological polar surface area (TPSA) is 95.5 Å². The molecule has 1 aromatic heterocycles. The molecule has 1 aliphatic rings. The smallest absolute Gasteiger partial charge is 0.243 e. The predicted molar refractivity (Wildman–Crippen MR) is 76.0 cm³/mol. The molecule has 1 saturated heterocycles. The number of hydrogen-bond acceptors (Lipinski definition) is 7. The van der Waals surface area contributed by atoms with Gasteiger partial charge < -0.3 is 0 Å². The number of amides is 1. The van der Waals surface area contributed by atoms with Gasteiger partial charge in [0.25, 0.3) is 0 Å². The standard InChI is InChI=1S/C10H17N5O3S2/c1-8(9(16)12-10-13-11-7-19-10)14-3-5-15(6-4-14)20(2,17)18/h7-8H,3-6H2,1-2H3,(H,12,13,16)/t8-/m0/s1. The Hall–Kier alpha value is -1.10. The molecule has 0 aliphatic carbocycles. The highest BCUT2D eigenvalue weighted by Crippen LogP contribution is 2.12. The van der Waals surface area contributed by atoms with Gasteiger partial charge in [0.15, 0.2) is 0 Å². The summed E-state index contributed by atoms with van der Waals surface area (Å²) >= 11 is 1.26. The van der Waals surface area contributed by atoms with Crippen LogP contribution in [0.2, 0.25) is 0 Å². The van der Waals surface area contributed by atoms with E-state index in [4.69, 9.17) is 0 Å². The van der Waals surface area contributed by atoms with E-state index in [1.807, 2.05) is 4.90 Å². The van der Waals surface area contributed by atoms with Crippen molar-refractivity contribution in [2.45, 2.75) is 13.0 Å². The minimum absolute atomic E-state index is 0.158. The average molecular weight is 319 g/mol. The first-order valence-electron chi connectivity index (χ1n) is 6.14. The Balaban J connectivity index is 1.88. The molecular formula is C10H17N5O3S2. The molecule has 1 fully saturated rings. The maximum Gasteiger partial charge on any atom is 0.243 e. The van der Waals surface area contributed by atoms with E-state index < -0.39 is 10.0 Å². The molecule has 10 heteroatoms. The number of piperazine rings is 1. The SMILES string of the molecule is C[C@@H](C(=O)Nc1nncs1)N1CCN(S(C)(=O)=O)CC1. The van der Waals surface area contributed by atoms with Gasteiger partial charge in [-0.3, -0.25) is 15.0 Å². The third kappa shape index (κ3) is 3.72. The zero-order valence-corrected chi connectivity index (χ0v) is 12.9. The number of nitrogens with one attached hydrogen (secondary N) is 1. The molecule has 0 unspecified atom stereocenters. The molecule has 1 N–H and O–H groups in total. The Morgan fingerprint density at radius 1 is 1.40 bits per heavy atom. The summed E-state index contributed by atoms with van der Waals surface area (Å²) < 4.78 is 24.3. The van der Waals surface area contributed by atoms with Crippen molar-refractivity contribution in [1.82, 2.24) is 19.4 Å². The van der Waals surface area contributed by atoms with E-state index >= 15 is 0 Å². The van der Waals surface area contributed by atoms with Crippen molar-refractivity contribution in [3.63, 3.8) is 0 Å². The van der Waals surface area contributed by atoms with Crippen LogP contribution in [0, 0.1) is 0 Å². The second kappa shape index (κ2) is 6.12. The average Bonchev–Trinajstić information content (AvgIpc) is 2.90. The Labute approximate surface area is 121 Å². The number of aromatic nitrogens is 2. The number of nitrogens with zero attached hydrogens (tertiary/aromatic N) is 4.